The maximum absolute atomic E-state index is 3.23. The lowest BCUT2D eigenvalue weighted by atomic mass is 9.92. The first-order valence-electron chi connectivity index (χ1n) is 9.48. The molecule has 2 aromatic rings. The summed E-state index contributed by atoms with van der Waals surface area (Å²) in [5.74, 6) is 2.21. The lowest BCUT2D eigenvalue weighted by Gasteiger charge is -2.10. The fourth-order valence-electron chi connectivity index (χ4n) is 3.13. The minimum absolute atomic E-state index is 0.980. The summed E-state index contributed by atoms with van der Waals surface area (Å²) < 4.78 is 0. The Hall–Kier alpha value is -2.92. The molecule has 0 heteroatoms. The lowest BCUT2D eigenvalue weighted by Crippen LogP contribution is -1.95. The van der Waals surface area contributed by atoms with Crippen molar-refractivity contribution in [2.24, 2.45) is 0 Å². The first kappa shape index (κ1) is 19.4. The Labute approximate surface area is 175 Å². The smallest absolute Gasteiger partial charge is 0.0216 e. The Bertz CT molecular complexity index is 928. The Morgan fingerprint density at radius 2 is 0.828 bits per heavy atom. The fourth-order valence-corrected chi connectivity index (χ4v) is 3.13. The number of rotatable bonds is 4. The molecule has 2 fully saturated rings. The Balaban J connectivity index is 1.78. The van der Waals surface area contributed by atoms with Crippen molar-refractivity contribution in [3.63, 3.8) is 0 Å². The Morgan fingerprint density at radius 1 is 0.448 bits per heavy atom. The van der Waals surface area contributed by atoms with E-state index in [0.717, 1.165) is 34.1 Å². The summed E-state index contributed by atoms with van der Waals surface area (Å²) in [4.78, 5) is 0. The highest BCUT2D eigenvalue weighted by Crippen LogP contribution is 2.36. The van der Waals surface area contributed by atoms with Crippen molar-refractivity contribution < 1.29 is 0 Å². The molecule has 2 aliphatic carbocycles. The molecule has 2 saturated carbocycles. The van der Waals surface area contributed by atoms with Gasteiger partial charge >= 0.3 is 0 Å². The molecule has 0 N–H and O–H groups in total. The van der Waals surface area contributed by atoms with Gasteiger partial charge in [-0.3, -0.25) is 0 Å². The van der Waals surface area contributed by atoms with Crippen molar-refractivity contribution >= 4 is 11.1 Å². The van der Waals surface area contributed by atoms with Gasteiger partial charge in [-0.1, -0.05) is 72.1 Å². The van der Waals surface area contributed by atoms with Gasteiger partial charge in [-0.15, -0.1) is 0 Å². The van der Waals surface area contributed by atoms with E-state index >= 15 is 0 Å². The highest BCUT2D eigenvalue weighted by atomic mass is 14.2. The minimum Gasteiger partial charge on any atom is -0.0622 e. The molecule has 2 aliphatic rings. The van der Waals surface area contributed by atoms with E-state index in [1.54, 1.807) is 0 Å². The van der Waals surface area contributed by atoms with Crippen molar-refractivity contribution in [1.82, 2.24) is 0 Å². The van der Waals surface area contributed by atoms with E-state index in [1.807, 2.05) is 62.1 Å². The third-order valence-electron chi connectivity index (χ3n) is 4.53. The van der Waals surface area contributed by atoms with Gasteiger partial charge in [0, 0.05) is 23.0 Å². The minimum atomic E-state index is 0.980. The molecular formula is C29H18. The summed E-state index contributed by atoms with van der Waals surface area (Å²) in [5.41, 5.74) is 19.6. The van der Waals surface area contributed by atoms with Gasteiger partial charge in [0.25, 0.3) is 0 Å². The monoisotopic (exact) mass is 366 g/mol. The zero-order valence-electron chi connectivity index (χ0n) is 15.9. The second-order valence-electron chi connectivity index (χ2n) is 6.45. The average Bonchev–Trinajstić information content (AvgIpc) is 3.49. The number of hydrogen-bond donors (Lipinski definition) is 0. The van der Waals surface area contributed by atoms with Crippen molar-refractivity contribution in [3.05, 3.63) is 164 Å². The van der Waals surface area contributed by atoms with Crippen LogP contribution in [0, 0.1) is 63.2 Å². The Kier molecular flexibility index (Phi) is 6.71. The van der Waals surface area contributed by atoms with Crippen LogP contribution in [-0.2, 0) is 0 Å². The molecule has 2 aromatic carbocycles. The topological polar surface area (TPSA) is 0 Å². The van der Waals surface area contributed by atoms with Gasteiger partial charge in [0.05, 0.1) is 0 Å². The van der Waals surface area contributed by atoms with Crippen LogP contribution >= 0.6 is 0 Å². The molecule has 0 bridgehead atoms. The molecule has 0 saturated heterocycles. The zero-order chi connectivity index (χ0) is 19.7. The SMILES string of the molecule is C(=C=C=C([C]1[CH][CH][CH][CH]1)c1ccccc1)=C=C=C([C]1[CH][CH][CH][CH]1)c1ccccc1. The van der Waals surface area contributed by atoms with Gasteiger partial charge < -0.3 is 0 Å². The van der Waals surface area contributed by atoms with E-state index in [2.05, 4.69) is 78.6 Å². The number of allylic oxidation sites excluding steroid dienone is 2. The van der Waals surface area contributed by atoms with Gasteiger partial charge in [-0.25, -0.2) is 0 Å². The third-order valence-corrected chi connectivity index (χ3v) is 4.53. The van der Waals surface area contributed by atoms with Crippen molar-refractivity contribution in [2.45, 2.75) is 0 Å². The summed E-state index contributed by atoms with van der Waals surface area (Å²) in [6, 6.07) is 20.4. The van der Waals surface area contributed by atoms with Crippen LogP contribution in [0.4, 0.5) is 0 Å². The number of benzene rings is 2. The predicted molar refractivity (Wildman–Crippen MR) is 118 cm³/mol. The molecule has 29 heavy (non-hydrogen) atoms. The van der Waals surface area contributed by atoms with Gasteiger partial charge in [-0.05, 0) is 79.7 Å². The van der Waals surface area contributed by atoms with E-state index < -0.39 is 0 Å². The molecular weight excluding hydrogens is 348 g/mol. The van der Waals surface area contributed by atoms with Crippen LogP contribution < -0.4 is 0 Å². The van der Waals surface area contributed by atoms with Crippen LogP contribution in [0.25, 0.3) is 11.1 Å². The maximum atomic E-state index is 3.23. The molecule has 0 aromatic heterocycles. The molecule has 0 heterocycles. The van der Waals surface area contributed by atoms with Gasteiger partial charge in [0.15, 0.2) is 0 Å². The normalized spacial score (nSPS) is 16.3. The van der Waals surface area contributed by atoms with Gasteiger partial charge in [0.2, 0.25) is 0 Å². The second-order valence-corrected chi connectivity index (χ2v) is 6.45. The molecule has 0 unspecified atom stereocenters. The van der Waals surface area contributed by atoms with Crippen molar-refractivity contribution in [3.8, 4) is 0 Å². The van der Waals surface area contributed by atoms with E-state index in [9.17, 15) is 0 Å². The summed E-state index contributed by atoms with van der Waals surface area (Å²) in [6.07, 6.45) is 16.4. The van der Waals surface area contributed by atoms with Crippen LogP contribution in [0.1, 0.15) is 11.1 Å². The highest BCUT2D eigenvalue weighted by Gasteiger charge is 2.23. The van der Waals surface area contributed by atoms with Crippen LogP contribution in [0.5, 0.6) is 0 Å². The second kappa shape index (κ2) is 10.0. The van der Waals surface area contributed by atoms with Gasteiger partial charge in [-0.2, -0.15) is 0 Å². The molecule has 4 rings (SSSR count). The van der Waals surface area contributed by atoms with Crippen molar-refractivity contribution in [1.29, 1.82) is 0 Å². The fraction of sp³-hybridized carbons (Fsp3) is 0. The molecule has 0 amide bonds. The zero-order valence-corrected chi connectivity index (χ0v) is 15.9. The standard InChI is InChI=1S/C29H18/c1-4-14-24(15-5-1)28(26-18-10-11-19-26)22-8-3-9-23-29(27-20-12-13-21-27)25-16-6-2-7-17-25/h1-2,4-7,10-21H. The van der Waals surface area contributed by atoms with Crippen molar-refractivity contribution in [2.75, 3.05) is 0 Å². The molecule has 10 radical (unpaired) electrons. The quantitative estimate of drug-likeness (QED) is 0.567. The summed E-state index contributed by atoms with van der Waals surface area (Å²) >= 11 is 0. The predicted octanol–water partition coefficient (Wildman–Crippen LogP) is 6.18. The average molecular weight is 366 g/mol. The largest absolute Gasteiger partial charge is 0.0622 e. The maximum Gasteiger partial charge on any atom is 0.0216 e. The summed E-state index contributed by atoms with van der Waals surface area (Å²) in [7, 11) is 0. The first-order chi connectivity index (χ1) is 14.4. The third kappa shape index (κ3) is 5.12. The van der Waals surface area contributed by atoms with E-state index in [0.29, 0.717) is 0 Å². The first-order valence-corrected chi connectivity index (χ1v) is 9.48. The van der Waals surface area contributed by atoms with E-state index in [4.69, 9.17) is 0 Å². The van der Waals surface area contributed by atoms with Crippen LogP contribution in [0.3, 0.4) is 0 Å². The molecule has 134 valence electrons. The van der Waals surface area contributed by atoms with Crippen LogP contribution in [-0.4, -0.2) is 0 Å². The molecule has 0 atom stereocenters. The van der Waals surface area contributed by atoms with E-state index in [-0.39, 0.29) is 0 Å². The summed E-state index contributed by atoms with van der Waals surface area (Å²) in [6.45, 7) is 0. The van der Waals surface area contributed by atoms with Gasteiger partial charge in [0.1, 0.15) is 0 Å². The Morgan fingerprint density at radius 3 is 1.21 bits per heavy atom. The van der Waals surface area contributed by atoms with Crippen LogP contribution in [0.15, 0.2) is 89.3 Å². The van der Waals surface area contributed by atoms with E-state index in [1.165, 1.54) is 0 Å². The highest BCUT2D eigenvalue weighted by molar-refractivity contribution is 5.82. The lowest BCUT2D eigenvalue weighted by molar-refractivity contribution is 1.38. The van der Waals surface area contributed by atoms with Crippen LogP contribution in [0.2, 0.25) is 0 Å². The molecule has 0 aliphatic heterocycles. The molecule has 0 nitrogen and oxygen atoms in total. The summed E-state index contributed by atoms with van der Waals surface area (Å²) in [5, 5.41) is 0. The number of hydrogen-bond acceptors (Lipinski definition) is 0. The molecule has 0 spiro atoms.